The van der Waals surface area contributed by atoms with E-state index in [4.69, 9.17) is 11.5 Å². The van der Waals surface area contributed by atoms with Gasteiger partial charge in [-0.15, -0.1) is 0 Å². The Morgan fingerprint density at radius 3 is 2.50 bits per heavy atom. The molecule has 0 rings (SSSR count). The SMILES string of the molecule is NCCCS(=O)CC(N)=O. The van der Waals surface area contributed by atoms with Gasteiger partial charge in [-0.2, -0.15) is 0 Å². The zero-order valence-corrected chi connectivity index (χ0v) is 6.52. The molecule has 0 aliphatic carbocycles. The van der Waals surface area contributed by atoms with Gasteiger partial charge in [0.05, 0.1) is 0 Å². The molecule has 10 heavy (non-hydrogen) atoms. The number of carbonyl (C=O) groups excluding carboxylic acids is 1. The van der Waals surface area contributed by atoms with Gasteiger partial charge < -0.3 is 11.5 Å². The van der Waals surface area contributed by atoms with Crippen LogP contribution in [0.2, 0.25) is 0 Å². The molecule has 0 aliphatic rings. The smallest absolute Gasteiger partial charge is 0.230 e. The molecule has 5 heteroatoms. The summed E-state index contributed by atoms with van der Waals surface area (Å²) in [4.78, 5) is 10.2. The summed E-state index contributed by atoms with van der Waals surface area (Å²) >= 11 is 0. The summed E-state index contributed by atoms with van der Waals surface area (Å²) in [6.45, 7) is 0.504. The molecule has 0 saturated carbocycles. The number of rotatable bonds is 5. The lowest BCUT2D eigenvalue weighted by molar-refractivity contribution is -0.115. The van der Waals surface area contributed by atoms with Crippen molar-refractivity contribution >= 4 is 16.7 Å². The second kappa shape index (κ2) is 5.37. The Morgan fingerprint density at radius 1 is 1.50 bits per heavy atom. The van der Waals surface area contributed by atoms with E-state index in [1.54, 1.807) is 0 Å². The summed E-state index contributed by atoms with van der Waals surface area (Å²) in [5, 5.41) is 0. The van der Waals surface area contributed by atoms with Gasteiger partial charge in [-0.05, 0) is 13.0 Å². The van der Waals surface area contributed by atoms with E-state index >= 15 is 0 Å². The average molecular weight is 164 g/mol. The fourth-order valence-corrected chi connectivity index (χ4v) is 1.43. The van der Waals surface area contributed by atoms with Gasteiger partial charge in [0.15, 0.2) is 0 Å². The molecule has 0 aliphatic heterocycles. The minimum Gasteiger partial charge on any atom is -0.369 e. The third kappa shape index (κ3) is 5.71. The van der Waals surface area contributed by atoms with Crippen LogP contribution in [0.25, 0.3) is 0 Å². The van der Waals surface area contributed by atoms with E-state index in [1.165, 1.54) is 0 Å². The van der Waals surface area contributed by atoms with Gasteiger partial charge in [0.1, 0.15) is 5.75 Å². The summed E-state index contributed by atoms with van der Waals surface area (Å²) in [5.74, 6) is -0.0882. The van der Waals surface area contributed by atoms with Crippen LogP contribution in [0.1, 0.15) is 6.42 Å². The Kier molecular flexibility index (Phi) is 5.15. The van der Waals surface area contributed by atoms with Crippen molar-refractivity contribution in [2.45, 2.75) is 6.42 Å². The zero-order valence-electron chi connectivity index (χ0n) is 5.71. The predicted molar refractivity (Wildman–Crippen MR) is 40.7 cm³/mol. The van der Waals surface area contributed by atoms with Crippen LogP contribution in [-0.2, 0) is 15.6 Å². The minimum absolute atomic E-state index is 0.0417. The largest absolute Gasteiger partial charge is 0.369 e. The van der Waals surface area contributed by atoms with Gasteiger partial charge >= 0.3 is 0 Å². The standard InChI is InChI=1S/C5H12N2O2S/c6-2-1-3-10(9)4-5(7)8/h1-4,6H2,(H2,7,8). The Bertz CT molecular complexity index is 138. The van der Waals surface area contributed by atoms with Crippen molar-refractivity contribution in [2.24, 2.45) is 11.5 Å². The Balaban J connectivity index is 3.35. The van der Waals surface area contributed by atoms with Gasteiger partial charge in [0.2, 0.25) is 5.91 Å². The second-order valence-corrected chi connectivity index (χ2v) is 3.47. The van der Waals surface area contributed by atoms with E-state index in [2.05, 4.69) is 0 Å². The van der Waals surface area contributed by atoms with Gasteiger partial charge in [-0.1, -0.05) is 0 Å². The van der Waals surface area contributed by atoms with E-state index in [9.17, 15) is 9.00 Å². The van der Waals surface area contributed by atoms with Crippen molar-refractivity contribution in [3.05, 3.63) is 0 Å². The summed E-state index contributed by atoms with van der Waals surface area (Å²) in [5.41, 5.74) is 9.96. The molecule has 1 unspecified atom stereocenters. The van der Waals surface area contributed by atoms with Crippen molar-refractivity contribution in [1.29, 1.82) is 0 Å². The number of nitrogens with two attached hydrogens (primary N) is 2. The molecule has 0 saturated heterocycles. The number of hydrogen-bond acceptors (Lipinski definition) is 3. The topological polar surface area (TPSA) is 86.2 Å². The van der Waals surface area contributed by atoms with E-state index in [1.807, 2.05) is 0 Å². The summed E-state index contributed by atoms with van der Waals surface area (Å²) in [7, 11) is -1.10. The molecule has 1 amide bonds. The lowest BCUT2D eigenvalue weighted by Gasteiger charge is -1.95. The lowest BCUT2D eigenvalue weighted by Crippen LogP contribution is -2.21. The highest BCUT2D eigenvalue weighted by molar-refractivity contribution is 7.85. The maximum Gasteiger partial charge on any atom is 0.230 e. The lowest BCUT2D eigenvalue weighted by atomic mass is 10.5. The van der Waals surface area contributed by atoms with Crippen LogP contribution in [0, 0.1) is 0 Å². The highest BCUT2D eigenvalue weighted by Crippen LogP contribution is 1.84. The van der Waals surface area contributed by atoms with Crippen LogP contribution >= 0.6 is 0 Å². The molecule has 1 atom stereocenters. The molecule has 4 N–H and O–H groups in total. The first-order valence-electron chi connectivity index (χ1n) is 3.00. The molecule has 0 aromatic rings. The summed E-state index contributed by atoms with van der Waals surface area (Å²) in [6.07, 6.45) is 0.680. The zero-order chi connectivity index (χ0) is 7.98. The highest BCUT2D eigenvalue weighted by Gasteiger charge is 2.01. The van der Waals surface area contributed by atoms with Crippen molar-refractivity contribution in [1.82, 2.24) is 0 Å². The van der Waals surface area contributed by atoms with Crippen molar-refractivity contribution in [3.63, 3.8) is 0 Å². The molecule has 0 fully saturated rings. The van der Waals surface area contributed by atoms with Crippen LogP contribution in [0.4, 0.5) is 0 Å². The summed E-state index contributed by atoms with van der Waals surface area (Å²) < 4.78 is 10.8. The van der Waals surface area contributed by atoms with Gasteiger partial charge in [-0.3, -0.25) is 9.00 Å². The van der Waals surface area contributed by atoms with Crippen LogP contribution in [0.3, 0.4) is 0 Å². The Hall–Kier alpha value is -0.420. The third-order valence-electron chi connectivity index (χ3n) is 0.879. The molecular weight excluding hydrogens is 152 g/mol. The predicted octanol–water partition coefficient (Wildman–Crippen LogP) is -1.43. The normalized spacial score (nSPS) is 12.9. The Labute approximate surface area is 62.4 Å². The first kappa shape index (κ1) is 9.58. The Morgan fingerprint density at radius 2 is 2.10 bits per heavy atom. The molecule has 0 heterocycles. The van der Waals surface area contributed by atoms with Crippen molar-refractivity contribution < 1.29 is 9.00 Å². The van der Waals surface area contributed by atoms with Gasteiger partial charge in [0, 0.05) is 16.6 Å². The third-order valence-corrected chi connectivity index (χ3v) is 2.23. The minimum atomic E-state index is -1.10. The van der Waals surface area contributed by atoms with E-state index in [0.717, 1.165) is 0 Å². The van der Waals surface area contributed by atoms with Gasteiger partial charge in [-0.25, -0.2) is 0 Å². The average Bonchev–Trinajstić information content (AvgIpc) is 1.82. The van der Waals surface area contributed by atoms with Crippen LogP contribution in [0.15, 0.2) is 0 Å². The van der Waals surface area contributed by atoms with Crippen LogP contribution in [0.5, 0.6) is 0 Å². The summed E-state index contributed by atoms with van der Waals surface area (Å²) in [6, 6.07) is 0. The fraction of sp³-hybridized carbons (Fsp3) is 0.800. The van der Waals surface area contributed by atoms with E-state index in [-0.39, 0.29) is 5.75 Å². The maximum atomic E-state index is 10.8. The molecule has 0 aromatic heterocycles. The number of primary amides is 1. The monoisotopic (exact) mass is 164 g/mol. The number of hydrogen-bond donors (Lipinski definition) is 2. The van der Waals surface area contributed by atoms with Crippen molar-refractivity contribution in [2.75, 3.05) is 18.1 Å². The molecule has 0 spiro atoms. The number of amides is 1. The van der Waals surface area contributed by atoms with Crippen LogP contribution < -0.4 is 11.5 Å². The number of carbonyl (C=O) groups is 1. The van der Waals surface area contributed by atoms with E-state index < -0.39 is 16.7 Å². The first-order chi connectivity index (χ1) is 4.66. The highest BCUT2D eigenvalue weighted by atomic mass is 32.2. The fourth-order valence-electron chi connectivity index (χ4n) is 0.475. The molecule has 0 aromatic carbocycles. The van der Waals surface area contributed by atoms with Crippen molar-refractivity contribution in [3.8, 4) is 0 Å². The van der Waals surface area contributed by atoms with Gasteiger partial charge in [0.25, 0.3) is 0 Å². The van der Waals surface area contributed by atoms with E-state index in [0.29, 0.717) is 18.7 Å². The molecule has 60 valence electrons. The molecular formula is C5H12N2O2S. The molecule has 0 radical (unpaired) electrons. The van der Waals surface area contributed by atoms with Crippen LogP contribution in [-0.4, -0.2) is 28.2 Å². The molecule has 0 bridgehead atoms. The second-order valence-electron chi connectivity index (χ2n) is 1.90. The first-order valence-corrected chi connectivity index (χ1v) is 4.49. The maximum absolute atomic E-state index is 10.8. The molecule has 4 nitrogen and oxygen atoms in total. The quantitative estimate of drug-likeness (QED) is 0.522.